The number of hydrogen-bond acceptors (Lipinski definition) is 13. The maximum atomic E-state index is 12.5. The van der Waals surface area contributed by atoms with Crippen LogP contribution >= 0.6 is 12.6 Å². The number of carbonyl (C=O) groups is 8. The maximum absolute atomic E-state index is 12.5. The largest absolute Gasteiger partial charge is 0.456 e. The standard InChI is InChI=1S/C22H28N4O5.C21H26N4O5S/c1-4-6-7-10-16-12-19(27)23-13-15-9-8-11-18(25-15)21(29)26-17(5-2)20(28)24-14(3)22(30)31-16;1-3-16-19(27)23-13(2)21(29)30-15(8-4-5-10-31)11-18(26)22-12-14-7-6-9-17(24-14)20(28)25-16/h5,7-11,14,16H,4,6,12-13H2,1-3H3,(H,23,27)(H,24,28)(H,26,29);3-4,6-9,13,15,31H,5,10-12H2,1-2H3,(H,22,26)(H,23,27)(H,25,28)/b10-7+,17-5-;8-4+,16-3-/t14-,16+;13-,15+/m00/s1. The third kappa shape index (κ3) is 16.8. The van der Waals surface area contributed by atoms with Gasteiger partial charge in [-0.25, -0.2) is 19.6 Å². The van der Waals surface area contributed by atoms with E-state index >= 15 is 0 Å². The van der Waals surface area contributed by atoms with Crippen LogP contribution in [0, 0.1) is 0 Å². The van der Waals surface area contributed by atoms with Gasteiger partial charge in [0.1, 0.15) is 47.1 Å². The summed E-state index contributed by atoms with van der Waals surface area (Å²) >= 11 is 4.13. The summed E-state index contributed by atoms with van der Waals surface area (Å²) in [5, 5.41) is 15.4. The Kier molecular flexibility index (Phi) is 20.8. The molecule has 6 amide bonds. The van der Waals surface area contributed by atoms with Gasteiger partial charge in [-0.15, -0.1) is 0 Å². The van der Waals surface area contributed by atoms with Gasteiger partial charge in [0.2, 0.25) is 11.8 Å². The lowest BCUT2D eigenvalue weighted by atomic mass is 10.2. The third-order valence-electron chi connectivity index (χ3n) is 8.74. The number of fused-ring (bicyclic) bond motifs is 4. The number of aromatic nitrogens is 2. The second kappa shape index (κ2) is 25.9. The summed E-state index contributed by atoms with van der Waals surface area (Å²) in [6.45, 7) is 8.30. The SMILES string of the molecule is C/C=C1\NC(=O)c2cccc(n2)CNC(=O)C[C@@H](/C=C/CCC)OC(=O)[C@H](C)NC1=O.C/C=C1\NC(=O)c2cccc(n2)CNC(=O)C[C@@H](/C=C/CCS)OC(=O)[C@H](C)NC1=O. The minimum absolute atomic E-state index is 0.0170. The van der Waals surface area contributed by atoms with Crippen molar-refractivity contribution >= 4 is 60.0 Å². The molecule has 4 bridgehead atoms. The van der Waals surface area contributed by atoms with Crippen LogP contribution in [0.15, 0.2) is 84.2 Å². The van der Waals surface area contributed by atoms with E-state index < -0.39 is 59.9 Å². The Labute approximate surface area is 365 Å². The average Bonchev–Trinajstić information content (AvgIpc) is 3.25. The van der Waals surface area contributed by atoms with Crippen LogP contribution in [0.2, 0.25) is 0 Å². The first-order valence-electron chi connectivity index (χ1n) is 20.0. The van der Waals surface area contributed by atoms with E-state index in [1.165, 1.54) is 38.1 Å². The Bertz CT molecular complexity index is 1940. The van der Waals surface area contributed by atoms with E-state index in [1.54, 1.807) is 56.3 Å². The van der Waals surface area contributed by atoms with Crippen molar-refractivity contribution in [2.24, 2.45) is 0 Å². The number of thiol groups is 1. The fourth-order valence-electron chi connectivity index (χ4n) is 5.39. The molecule has 18 nitrogen and oxygen atoms in total. The van der Waals surface area contributed by atoms with E-state index in [-0.39, 0.29) is 60.5 Å². The van der Waals surface area contributed by atoms with Crippen molar-refractivity contribution in [3.63, 3.8) is 0 Å². The number of unbranched alkanes of at least 4 members (excludes halogenated alkanes) is 1. The fraction of sp³-hybridized carbons (Fsp3) is 0.395. The Morgan fingerprint density at radius 1 is 0.645 bits per heavy atom. The molecule has 0 fully saturated rings. The van der Waals surface area contributed by atoms with Gasteiger partial charge < -0.3 is 41.4 Å². The highest BCUT2D eigenvalue weighted by molar-refractivity contribution is 7.80. The molecule has 4 atom stereocenters. The summed E-state index contributed by atoms with van der Waals surface area (Å²) in [5.41, 5.74) is 1.08. The molecule has 2 aromatic heterocycles. The van der Waals surface area contributed by atoms with Crippen molar-refractivity contribution in [3.8, 4) is 0 Å². The van der Waals surface area contributed by atoms with Gasteiger partial charge in [-0.3, -0.25) is 28.8 Å². The van der Waals surface area contributed by atoms with Gasteiger partial charge in [-0.05, 0) is 82.7 Å². The maximum Gasteiger partial charge on any atom is 0.328 e. The van der Waals surface area contributed by atoms with Crippen molar-refractivity contribution in [2.75, 3.05) is 5.75 Å². The molecule has 19 heteroatoms. The summed E-state index contributed by atoms with van der Waals surface area (Å²) in [4.78, 5) is 108. The monoisotopic (exact) mass is 874 g/mol. The molecule has 0 saturated heterocycles. The molecular formula is C43H54N8O10S. The highest BCUT2D eigenvalue weighted by Crippen LogP contribution is 2.10. The normalized spacial score (nSPS) is 22.6. The fourth-order valence-corrected chi connectivity index (χ4v) is 5.54. The van der Waals surface area contributed by atoms with Crippen LogP contribution in [-0.2, 0) is 51.3 Å². The second-order valence-electron chi connectivity index (χ2n) is 13.8. The number of esters is 2. The Balaban J connectivity index is 0.000000330. The van der Waals surface area contributed by atoms with Crippen molar-refractivity contribution in [3.05, 3.63) is 107 Å². The molecule has 332 valence electrons. The zero-order valence-electron chi connectivity index (χ0n) is 35.3. The highest BCUT2D eigenvalue weighted by Gasteiger charge is 2.26. The van der Waals surface area contributed by atoms with Crippen LogP contribution in [0.4, 0.5) is 0 Å². The van der Waals surface area contributed by atoms with Crippen molar-refractivity contribution in [1.29, 1.82) is 0 Å². The number of ether oxygens (including phenoxy) is 2. The molecule has 2 aromatic rings. The molecule has 2 aliphatic rings. The lowest BCUT2D eigenvalue weighted by Gasteiger charge is -2.19. The highest BCUT2D eigenvalue weighted by atomic mass is 32.1. The van der Waals surface area contributed by atoms with Crippen LogP contribution in [0.25, 0.3) is 0 Å². The number of nitrogens with zero attached hydrogens (tertiary/aromatic N) is 2. The minimum atomic E-state index is -1.00. The number of nitrogens with one attached hydrogen (secondary N) is 6. The third-order valence-corrected chi connectivity index (χ3v) is 9.00. The molecule has 0 unspecified atom stereocenters. The van der Waals surface area contributed by atoms with Gasteiger partial charge in [0.25, 0.3) is 23.6 Å². The molecule has 0 spiro atoms. The molecule has 0 aromatic carbocycles. The van der Waals surface area contributed by atoms with E-state index in [4.69, 9.17) is 9.47 Å². The van der Waals surface area contributed by atoms with Crippen LogP contribution in [0.5, 0.6) is 0 Å². The lowest BCUT2D eigenvalue weighted by molar-refractivity contribution is -0.152. The van der Waals surface area contributed by atoms with E-state index in [0.29, 0.717) is 23.6 Å². The van der Waals surface area contributed by atoms with E-state index in [9.17, 15) is 38.4 Å². The molecule has 2 aliphatic heterocycles. The second-order valence-corrected chi connectivity index (χ2v) is 14.2. The van der Waals surface area contributed by atoms with E-state index in [1.807, 2.05) is 13.0 Å². The summed E-state index contributed by atoms with van der Waals surface area (Å²) in [7, 11) is 0. The van der Waals surface area contributed by atoms with E-state index in [0.717, 1.165) is 12.8 Å². The molecule has 4 rings (SSSR count). The molecule has 4 heterocycles. The first-order valence-corrected chi connectivity index (χ1v) is 20.7. The van der Waals surface area contributed by atoms with Crippen molar-refractivity contribution in [1.82, 2.24) is 41.9 Å². The van der Waals surface area contributed by atoms with Crippen LogP contribution in [0.3, 0.4) is 0 Å². The number of hydrogen-bond donors (Lipinski definition) is 7. The number of amides is 6. The first-order chi connectivity index (χ1) is 29.7. The molecule has 6 N–H and O–H groups in total. The van der Waals surface area contributed by atoms with Gasteiger partial charge in [0.15, 0.2) is 0 Å². The van der Waals surface area contributed by atoms with Crippen molar-refractivity contribution < 1.29 is 47.8 Å². The summed E-state index contributed by atoms with van der Waals surface area (Å²) < 4.78 is 10.9. The topological polar surface area (TPSA) is 253 Å². The van der Waals surface area contributed by atoms with Crippen LogP contribution < -0.4 is 31.9 Å². The van der Waals surface area contributed by atoms with Gasteiger partial charge in [-0.2, -0.15) is 12.6 Å². The molecule has 0 radical (unpaired) electrons. The zero-order valence-corrected chi connectivity index (χ0v) is 36.2. The molecule has 0 saturated carbocycles. The zero-order chi connectivity index (χ0) is 45.6. The quantitative estimate of drug-likeness (QED) is 0.0958. The molecular weight excluding hydrogens is 821 g/mol. The lowest BCUT2D eigenvalue weighted by Crippen LogP contribution is -2.44. The Morgan fingerprint density at radius 3 is 1.45 bits per heavy atom. The van der Waals surface area contributed by atoms with Crippen LogP contribution in [0.1, 0.15) is 99.1 Å². The van der Waals surface area contributed by atoms with Crippen molar-refractivity contribution in [2.45, 2.75) is 104 Å². The van der Waals surface area contributed by atoms with Crippen LogP contribution in [-0.4, -0.2) is 87.4 Å². The number of cyclic esters (lactones) is 2. The average molecular weight is 875 g/mol. The Morgan fingerprint density at radius 2 is 1.06 bits per heavy atom. The predicted octanol–water partition coefficient (Wildman–Crippen LogP) is 2.54. The number of pyridine rings is 2. The van der Waals surface area contributed by atoms with Gasteiger partial charge in [-0.1, -0.05) is 49.8 Å². The summed E-state index contributed by atoms with van der Waals surface area (Å²) in [5.74, 6) is -3.94. The number of allylic oxidation sites excluding steroid dienone is 4. The first kappa shape index (κ1) is 49.7. The summed E-state index contributed by atoms with van der Waals surface area (Å²) in [6, 6.07) is 7.62. The number of carbonyl (C=O) groups excluding carboxylic acids is 8. The van der Waals surface area contributed by atoms with E-state index in [2.05, 4.69) is 54.5 Å². The predicted molar refractivity (Wildman–Crippen MR) is 230 cm³/mol. The molecule has 0 aliphatic carbocycles. The van der Waals surface area contributed by atoms with Gasteiger partial charge in [0, 0.05) is 0 Å². The van der Waals surface area contributed by atoms with Gasteiger partial charge in [0.05, 0.1) is 37.3 Å². The van der Waals surface area contributed by atoms with Gasteiger partial charge >= 0.3 is 11.9 Å². The minimum Gasteiger partial charge on any atom is -0.456 e. The smallest absolute Gasteiger partial charge is 0.328 e. The Hall–Kier alpha value is -6.63. The summed E-state index contributed by atoms with van der Waals surface area (Å²) in [6.07, 6.45) is 10.4. The molecule has 62 heavy (non-hydrogen) atoms. The number of rotatable bonds is 6.